The second-order valence-electron chi connectivity index (χ2n) is 20.9. The van der Waals surface area contributed by atoms with E-state index in [-0.39, 0.29) is 44.1 Å². The zero-order valence-electron chi connectivity index (χ0n) is 39.7. The molecule has 368 valence electrons. The lowest BCUT2D eigenvalue weighted by Gasteiger charge is -2.67. The highest BCUT2D eigenvalue weighted by atomic mass is 16.8. The summed E-state index contributed by atoms with van der Waals surface area (Å²) in [5.41, 5.74) is -6.11. The number of rotatable bonds is 13. The molecule has 4 aliphatic carbocycles. The van der Waals surface area contributed by atoms with Gasteiger partial charge in [0.1, 0.15) is 47.3 Å². The molecule has 3 saturated carbocycles. The van der Waals surface area contributed by atoms with E-state index in [1.54, 1.807) is 28.1 Å². The lowest BCUT2D eigenvalue weighted by Crippen LogP contribution is -2.78. The van der Waals surface area contributed by atoms with Gasteiger partial charge in [0.25, 0.3) is 0 Å². The van der Waals surface area contributed by atoms with Crippen molar-refractivity contribution in [3.8, 4) is 0 Å². The number of carbonyl (C=O) groups excluding carboxylic acids is 1. The number of aliphatic hydroxyl groups is 6. The van der Waals surface area contributed by atoms with Gasteiger partial charge in [0, 0.05) is 46.5 Å². The van der Waals surface area contributed by atoms with E-state index >= 15 is 0 Å². The number of fused-ring (bicyclic) bond motifs is 5. The predicted molar refractivity (Wildman–Crippen MR) is 227 cm³/mol. The van der Waals surface area contributed by atoms with Crippen LogP contribution in [0.15, 0.2) is 11.6 Å². The topological polar surface area (TPSA) is 231 Å². The minimum Gasteiger partial charge on any atom is -0.455 e. The number of aliphatic hydroxyl groups excluding tert-OH is 4. The summed E-state index contributed by atoms with van der Waals surface area (Å²) in [6.45, 7) is 14.6. The van der Waals surface area contributed by atoms with Crippen molar-refractivity contribution in [3.05, 3.63) is 11.6 Å². The summed E-state index contributed by atoms with van der Waals surface area (Å²) >= 11 is 0. The summed E-state index contributed by atoms with van der Waals surface area (Å²) in [6, 6.07) is 0. The Hall–Kier alpha value is -1.39. The van der Waals surface area contributed by atoms with Crippen molar-refractivity contribution in [2.45, 2.75) is 235 Å². The monoisotopic (exact) mass is 915 g/mol. The molecule has 0 aromatic carbocycles. The molecule has 6 N–H and O–H groups in total. The number of carbonyl (C=O) groups is 1. The highest BCUT2D eigenvalue weighted by molar-refractivity contribution is 5.70. The van der Waals surface area contributed by atoms with Gasteiger partial charge in [-0.15, -0.1) is 0 Å². The van der Waals surface area contributed by atoms with E-state index in [2.05, 4.69) is 6.92 Å². The van der Waals surface area contributed by atoms with Crippen molar-refractivity contribution in [2.75, 3.05) is 21.3 Å². The minimum absolute atomic E-state index is 0.0121. The Labute approximate surface area is 378 Å². The third-order valence-electron chi connectivity index (χ3n) is 17.0. The van der Waals surface area contributed by atoms with E-state index in [9.17, 15) is 35.4 Å². The summed E-state index contributed by atoms with van der Waals surface area (Å²) in [7, 11) is 4.62. The van der Waals surface area contributed by atoms with Gasteiger partial charge in [0.2, 0.25) is 0 Å². The molecule has 0 spiro atoms. The standard InChI is InChI=1S/C47H78O17/c1-23(2)18-34(50)64-46(27(6)48)16-17-47(54)44(46,8)33(49)22-32-43(7)14-13-29(19-28(43)12-15-45(32,47)53)61-35-20-30(55-9)39(25(4)58-35)62-36-21-31(56-10)40(26(5)59-36)63-42-38(52)41(57-11)37(51)24(3)60-42/h12,23-27,29-33,35-42,48-49,51-54H,13-22H2,1-11H3/t24-,25-,26-,27?,29+,30+,31+,32-,33-,35+,36+,37-,38-,39-,40-,41+,42+,43+,44-,45+,46-,47+/m1/s1. The fraction of sp³-hybridized carbons (Fsp3) is 0.936. The molecule has 7 rings (SSSR count). The normalized spacial score (nSPS) is 51.1. The quantitative estimate of drug-likeness (QED) is 0.115. The van der Waals surface area contributed by atoms with Crippen LogP contribution >= 0.6 is 0 Å². The molecule has 3 heterocycles. The average Bonchev–Trinajstić information content (AvgIpc) is 3.48. The van der Waals surface area contributed by atoms with E-state index < -0.39 is 132 Å². The van der Waals surface area contributed by atoms with Crippen molar-refractivity contribution >= 4 is 5.97 Å². The molecule has 0 aromatic heterocycles. The Morgan fingerprint density at radius 1 is 0.781 bits per heavy atom. The first kappa shape index (κ1) is 50.5. The van der Waals surface area contributed by atoms with Crippen LogP contribution in [0.2, 0.25) is 0 Å². The molecule has 17 nitrogen and oxygen atoms in total. The van der Waals surface area contributed by atoms with Crippen LogP contribution in [0.5, 0.6) is 0 Å². The first-order valence-electron chi connectivity index (χ1n) is 23.6. The maximum absolute atomic E-state index is 13.2. The molecule has 1 unspecified atom stereocenters. The molecule has 17 heteroatoms. The highest BCUT2D eigenvalue weighted by Gasteiger charge is 2.81. The van der Waals surface area contributed by atoms with Gasteiger partial charge in [-0.3, -0.25) is 4.79 Å². The summed E-state index contributed by atoms with van der Waals surface area (Å²) in [6.07, 6.45) is -6.51. The first-order valence-corrected chi connectivity index (χ1v) is 23.6. The van der Waals surface area contributed by atoms with Crippen LogP contribution in [-0.4, -0.2) is 173 Å². The number of methoxy groups -OCH3 is 3. The van der Waals surface area contributed by atoms with Gasteiger partial charge >= 0.3 is 5.97 Å². The zero-order chi connectivity index (χ0) is 46.9. The highest BCUT2D eigenvalue weighted by Crippen LogP contribution is 2.71. The van der Waals surface area contributed by atoms with Crippen LogP contribution in [0.25, 0.3) is 0 Å². The molecule has 64 heavy (non-hydrogen) atoms. The largest absolute Gasteiger partial charge is 0.455 e. The molecule has 6 fully saturated rings. The predicted octanol–water partition coefficient (Wildman–Crippen LogP) is 2.80. The second kappa shape index (κ2) is 18.8. The van der Waals surface area contributed by atoms with Gasteiger partial charge in [0.05, 0.1) is 54.2 Å². The molecule has 7 aliphatic rings. The SMILES string of the molecule is CO[C@@H]1[C@@H](O)[C@H](O[C@H]2[C@@H](OC)C[C@H](O[C@H]3[C@@H](OC)C[C@H](O[C@H]4CC[C@@]5(C)C(=CC[C@]6(O)[C@@H]5C[C@@H](O)[C@@]5(C)[C@@]6(O)CC[C@@]5(OC(=O)CC(C)C)C(C)O)C4)O[C@@H]3C)O[C@@H]2C)O[C@H](C)[C@H]1O. The minimum atomic E-state index is -1.86. The van der Waals surface area contributed by atoms with Crippen LogP contribution in [0.3, 0.4) is 0 Å². The number of hydrogen-bond acceptors (Lipinski definition) is 17. The molecule has 3 aliphatic heterocycles. The Balaban J connectivity index is 0.984. The summed E-state index contributed by atoms with van der Waals surface area (Å²) in [4.78, 5) is 13.2. The van der Waals surface area contributed by atoms with Crippen LogP contribution < -0.4 is 0 Å². The number of hydrogen-bond donors (Lipinski definition) is 6. The maximum atomic E-state index is 13.2. The summed E-state index contributed by atoms with van der Waals surface area (Å²) in [5.74, 6) is -1.00. The molecular weight excluding hydrogens is 836 g/mol. The lowest BCUT2D eigenvalue weighted by atomic mass is 9.42. The van der Waals surface area contributed by atoms with Gasteiger partial charge in [0.15, 0.2) is 18.9 Å². The van der Waals surface area contributed by atoms with Crippen molar-refractivity contribution in [2.24, 2.45) is 22.7 Å². The van der Waals surface area contributed by atoms with Gasteiger partial charge in [-0.05, 0) is 84.0 Å². The molecule has 0 amide bonds. The number of esters is 1. The van der Waals surface area contributed by atoms with Crippen molar-refractivity contribution in [3.63, 3.8) is 0 Å². The zero-order valence-corrected chi connectivity index (χ0v) is 39.7. The molecule has 3 saturated heterocycles. The second-order valence-corrected chi connectivity index (χ2v) is 20.9. The number of ether oxygens (including phenoxy) is 10. The lowest BCUT2D eigenvalue weighted by molar-refractivity contribution is -0.352. The maximum Gasteiger partial charge on any atom is 0.306 e. The van der Waals surface area contributed by atoms with Crippen LogP contribution in [0.4, 0.5) is 0 Å². The van der Waals surface area contributed by atoms with E-state index in [1.807, 2.05) is 33.8 Å². The Morgan fingerprint density at radius 2 is 1.39 bits per heavy atom. The Kier molecular flexibility index (Phi) is 14.9. The third kappa shape index (κ3) is 8.25. The van der Waals surface area contributed by atoms with Crippen molar-refractivity contribution in [1.29, 1.82) is 0 Å². The van der Waals surface area contributed by atoms with E-state index in [4.69, 9.17) is 47.4 Å². The Morgan fingerprint density at radius 3 is 1.97 bits per heavy atom. The average molecular weight is 915 g/mol. The Bertz CT molecular complexity index is 1660. The van der Waals surface area contributed by atoms with Gasteiger partial charge < -0.3 is 78.0 Å². The summed E-state index contributed by atoms with van der Waals surface area (Å²) in [5, 5.41) is 70.5. The summed E-state index contributed by atoms with van der Waals surface area (Å²) < 4.78 is 61.4. The van der Waals surface area contributed by atoms with Crippen LogP contribution in [0, 0.1) is 22.7 Å². The van der Waals surface area contributed by atoms with E-state index in [1.165, 1.54) is 14.0 Å². The van der Waals surface area contributed by atoms with E-state index in [0.29, 0.717) is 32.1 Å². The van der Waals surface area contributed by atoms with E-state index in [0.717, 1.165) is 5.57 Å². The molecular formula is C47H78O17. The molecule has 22 atom stereocenters. The van der Waals surface area contributed by atoms with Crippen LogP contribution in [0.1, 0.15) is 120 Å². The smallest absolute Gasteiger partial charge is 0.306 e. The fourth-order valence-corrected chi connectivity index (χ4v) is 13.2. The van der Waals surface area contributed by atoms with Gasteiger partial charge in [-0.2, -0.15) is 0 Å². The van der Waals surface area contributed by atoms with Crippen molar-refractivity contribution < 1.29 is 82.8 Å². The van der Waals surface area contributed by atoms with Crippen molar-refractivity contribution in [1.82, 2.24) is 0 Å². The molecule has 0 radical (unpaired) electrons. The third-order valence-corrected chi connectivity index (χ3v) is 17.0. The molecule has 0 aromatic rings. The fourth-order valence-electron chi connectivity index (χ4n) is 13.2. The van der Waals surface area contributed by atoms with Crippen LogP contribution in [-0.2, 0) is 52.2 Å². The molecule has 0 bridgehead atoms. The van der Waals surface area contributed by atoms with Gasteiger partial charge in [-0.25, -0.2) is 0 Å². The van der Waals surface area contributed by atoms with Gasteiger partial charge in [-0.1, -0.05) is 39.3 Å². The first-order chi connectivity index (χ1) is 30.0.